The number of halogens is 3. The van der Waals surface area contributed by atoms with Gasteiger partial charge in [0.05, 0.1) is 41.7 Å². The lowest BCUT2D eigenvalue weighted by Crippen LogP contribution is -2.41. The van der Waals surface area contributed by atoms with E-state index >= 15 is 0 Å². The topological polar surface area (TPSA) is 88.9 Å². The second-order valence-electron chi connectivity index (χ2n) is 7.30. The van der Waals surface area contributed by atoms with Gasteiger partial charge in [-0.1, -0.05) is 23.4 Å². The van der Waals surface area contributed by atoms with Crippen LogP contribution in [0.15, 0.2) is 48.7 Å². The van der Waals surface area contributed by atoms with Crippen molar-refractivity contribution in [3.05, 3.63) is 59.8 Å². The molecule has 164 valence electrons. The molecule has 0 unspecified atom stereocenters. The van der Waals surface area contributed by atoms with Gasteiger partial charge >= 0.3 is 6.18 Å². The first kappa shape index (κ1) is 20.2. The van der Waals surface area contributed by atoms with Crippen molar-refractivity contribution in [2.45, 2.75) is 6.18 Å². The van der Waals surface area contributed by atoms with E-state index in [2.05, 4.69) is 20.5 Å². The zero-order valence-electron chi connectivity index (χ0n) is 16.6. The molecule has 1 aliphatic heterocycles. The highest BCUT2D eigenvalue weighted by Crippen LogP contribution is 2.34. The van der Waals surface area contributed by atoms with E-state index < -0.39 is 23.2 Å². The number of H-pyrrole nitrogens is 1. The Morgan fingerprint density at radius 2 is 1.88 bits per heavy atom. The fraction of sp³-hybridized carbons (Fsp3) is 0.238. The van der Waals surface area contributed by atoms with Crippen LogP contribution in [0.25, 0.3) is 28.0 Å². The average Bonchev–Trinajstić information content (AvgIpc) is 3.45. The number of hydrogen-bond donors (Lipinski definition) is 1. The van der Waals surface area contributed by atoms with Gasteiger partial charge in [0, 0.05) is 18.5 Å². The third-order valence-electron chi connectivity index (χ3n) is 5.31. The number of aromatic amines is 1. The summed E-state index contributed by atoms with van der Waals surface area (Å²) in [7, 11) is 0. The summed E-state index contributed by atoms with van der Waals surface area (Å²) in [6.07, 6.45) is -3.21. The molecule has 3 heterocycles. The lowest BCUT2D eigenvalue weighted by Gasteiger charge is -2.28. The zero-order chi connectivity index (χ0) is 22.3. The molecule has 0 radical (unpaired) electrons. The maximum Gasteiger partial charge on any atom is 0.417 e. The third-order valence-corrected chi connectivity index (χ3v) is 5.31. The second-order valence-corrected chi connectivity index (χ2v) is 7.30. The van der Waals surface area contributed by atoms with Gasteiger partial charge in [0.2, 0.25) is 0 Å². The lowest BCUT2D eigenvalue weighted by atomic mass is 10.0. The maximum absolute atomic E-state index is 13.8. The van der Waals surface area contributed by atoms with Crippen LogP contribution in [0.1, 0.15) is 15.9 Å². The predicted octanol–water partition coefficient (Wildman–Crippen LogP) is 3.30. The van der Waals surface area contributed by atoms with Gasteiger partial charge in [-0.25, -0.2) is 4.68 Å². The summed E-state index contributed by atoms with van der Waals surface area (Å²) < 4.78 is 47.9. The number of carbonyl (C=O) groups excluding carboxylic acids is 1. The van der Waals surface area contributed by atoms with Crippen molar-refractivity contribution >= 4 is 16.8 Å². The molecular weight excluding hydrogens is 425 g/mol. The van der Waals surface area contributed by atoms with Crippen LogP contribution in [0.5, 0.6) is 0 Å². The molecule has 1 N–H and O–H groups in total. The predicted molar refractivity (Wildman–Crippen MR) is 108 cm³/mol. The van der Waals surface area contributed by atoms with Gasteiger partial charge in [-0.3, -0.25) is 9.89 Å². The van der Waals surface area contributed by atoms with Gasteiger partial charge in [-0.2, -0.15) is 18.3 Å². The van der Waals surface area contributed by atoms with Crippen molar-refractivity contribution < 1.29 is 22.7 Å². The Bertz CT molecular complexity index is 1290. The molecule has 32 heavy (non-hydrogen) atoms. The monoisotopic (exact) mass is 442 g/mol. The molecule has 2 aromatic heterocycles. The van der Waals surface area contributed by atoms with Crippen molar-refractivity contribution in [3.63, 3.8) is 0 Å². The second kappa shape index (κ2) is 7.75. The molecule has 5 rings (SSSR count). The summed E-state index contributed by atoms with van der Waals surface area (Å²) in [6.45, 7) is 1.10. The molecule has 1 aliphatic rings. The van der Waals surface area contributed by atoms with Crippen molar-refractivity contribution in [2.75, 3.05) is 26.3 Å². The van der Waals surface area contributed by atoms with Crippen molar-refractivity contribution in [3.8, 4) is 17.1 Å². The fourth-order valence-electron chi connectivity index (χ4n) is 3.69. The molecule has 4 aromatic rings. The molecule has 2 aromatic carbocycles. The first-order chi connectivity index (χ1) is 15.4. The molecule has 1 amide bonds. The molecule has 8 nitrogen and oxygen atoms in total. The van der Waals surface area contributed by atoms with Gasteiger partial charge in [0.15, 0.2) is 0 Å². The SMILES string of the molecule is O=C(c1ccc(-n2cc(-c3n[nH]c4ccccc34)nn2)cc1C(F)(F)F)N1CCOCC1. The lowest BCUT2D eigenvalue weighted by molar-refractivity contribution is -0.138. The molecule has 0 atom stereocenters. The number of ether oxygens (including phenoxy) is 1. The minimum atomic E-state index is -4.71. The Labute approximate surface area is 179 Å². The smallest absolute Gasteiger partial charge is 0.378 e. The standard InChI is InChI=1S/C21H17F3N6O2/c22-21(23,24)16-11-13(5-6-14(16)20(31)29-7-9-32-10-8-29)30-12-18(26-28-30)19-15-3-1-2-4-17(15)25-27-19/h1-6,11-12H,7-10H2,(H,25,27). The van der Waals surface area contributed by atoms with E-state index in [0.29, 0.717) is 24.6 Å². The van der Waals surface area contributed by atoms with Gasteiger partial charge < -0.3 is 9.64 Å². The number of nitrogens with zero attached hydrogens (tertiary/aromatic N) is 5. The van der Waals surface area contributed by atoms with Crippen LogP contribution in [0, 0.1) is 0 Å². The van der Waals surface area contributed by atoms with Crippen LogP contribution in [0.3, 0.4) is 0 Å². The van der Waals surface area contributed by atoms with E-state index in [1.165, 1.54) is 27.9 Å². The van der Waals surface area contributed by atoms with E-state index in [1.54, 1.807) is 0 Å². The Morgan fingerprint density at radius 1 is 1.09 bits per heavy atom. The van der Waals surface area contributed by atoms with Crippen LogP contribution < -0.4 is 0 Å². The number of alkyl halides is 3. The van der Waals surface area contributed by atoms with E-state index in [9.17, 15) is 18.0 Å². The summed E-state index contributed by atoms with van der Waals surface area (Å²) in [4.78, 5) is 14.1. The highest BCUT2D eigenvalue weighted by molar-refractivity contribution is 5.96. The maximum atomic E-state index is 13.8. The number of rotatable bonds is 3. The Hall–Kier alpha value is -3.73. The Morgan fingerprint density at radius 3 is 2.66 bits per heavy atom. The zero-order valence-corrected chi connectivity index (χ0v) is 16.6. The number of carbonyl (C=O) groups is 1. The molecule has 0 bridgehead atoms. The minimum absolute atomic E-state index is 0.134. The molecule has 0 spiro atoms. The Balaban J connectivity index is 1.51. The van der Waals surface area contributed by atoms with Crippen LogP contribution >= 0.6 is 0 Å². The highest BCUT2D eigenvalue weighted by Gasteiger charge is 2.37. The molecule has 11 heteroatoms. The number of fused-ring (bicyclic) bond motifs is 1. The summed E-state index contributed by atoms with van der Waals surface area (Å²) >= 11 is 0. The highest BCUT2D eigenvalue weighted by atomic mass is 19.4. The molecule has 1 saturated heterocycles. The first-order valence-electron chi connectivity index (χ1n) is 9.86. The summed E-state index contributed by atoms with van der Waals surface area (Å²) in [5.74, 6) is -0.672. The van der Waals surface area contributed by atoms with Crippen LogP contribution in [0.2, 0.25) is 0 Å². The Kier molecular flexibility index (Phi) is 4.89. The normalized spacial score (nSPS) is 14.8. The van der Waals surface area contributed by atoms with Gasteiger partial charge in [0.25, 0.3) is 5.91 Å². The largest absolute Gasteiger partial charge is 0.417 e. The van der Waals surface area contributed by atoms with Crippen LogP contribution in [-0.4, -0.2) is 62.3 Å². The first-order valence-corrected chi connectivity index (χ1v) is 9.86. The van der Waals surface area contributed by atoms with Crippen molar-refractivity contribution in [1.82, 2.24) is 30.1 Å². The van der Waals surface area contributed by atoms with Gasteiger partial charge in [0.1, 0.15) is 11.4 Å². The molecule has 0 aliphatic carbocycles. The number of hydrogen-bond acceptors (Lipinski definition) is 5. The number of aromatic nitrogens is 5. The molecule has 0 saturated carbocycles. The van der Waals surface area contributed by atoms with E-state index in [0.717, 1.165) is 17.0 Å². The summed E-state index contributed by atoms with van der Waals surface area (Å²) in [6, 6.07) is 10.9. The van der Waals surface area contributed by atoms with Gasteiger partial charge in [-0.05, 0) is 24.3 Å². The third kappa shape index (κ3) is 3.60. The minimum Gasteiger partial charge on any atom is -0.378 e. The van der Waals surface area contributed by atoms with Gasteiger partial charge in [-0.15, -0.1) is 5.10 Å². The summed E-state index contributed by atoms with van der Waals surface area (Å²) in [5, 5.41) is 16.0. The number of amides is 1. The quantitative estimate of drug-likeness (QED) is 0.526. The average molecular weight is 442 g/mol. The molecule has 1 fully saturated rings. The van der Waals surface area contributed by atoms with E-state index in [-0.39, 0.29) is 18.8 Å². The number of para-hydroxylation sites is 1. The van der Waals surface area contributed by atoms with Crippen LogP contribution in [-0.2, 0) is 10.9 Å². The van der Waals surface area contributed by atoms with Crippen LogP contribution in [0.4, 0.5) is 13.2 Å². The van der Waals surface area contributed by atoms with Crippen molar-refractivity contribution in [2.24, 2.45) is 0 Å². The molecular formula is C21H17F3N6O2. The number of nitrogens with one attached hydrogen (secondary N) is 1. The van der Waals surface area contributed by atoms with E-state index in [4.69, 9.17) is 4.74 Å². The fourth-order valence-corrected chi connectivity index (χ4v) is 3.69. The summed E-state index contributed by atoms with van der Waals surface area (Å²) in [5.41, 5.74) is 0.471. The number of morpholine rings is 1. The van der Waals surface area contributed by atoms with Crippen molar-refractivity contribution in [1.29, 1.82) is 0 Å². The number of benzene rings is 2. The van der Waals surface area contributed by atoms with E-state index in [1.807, 2.05) is 24.3 Å².